The third-order valence-electron chi connectivity index (χ3n) is 4.96. The van der Waals surface area contributed by atoms with Crippen LogP contribution >= 0.6 is 0 Å². The lowest BCUT2D eigenvalue weighted by atomic mass is 9.78. The van der Waals surface area contributed by atoms with E-state index in [0.29, 0.717) is 31.6 Å². The summed E-state index contributed by atoms with van der Waals surface area (Å²) in [5.41, 5.74) is 0.290. The largest absolute Gasteiger partial charge is 0.453 e. The summed E-state index contributed by atoms with van der Waals surface area (Å²) in [6, 6.07) is 3.32. The fourth-order valence-electron chi connectivity index (χ4n) is 3.68. The molecule has 0 aromatic heterocycles. The molecule has 0 N–H and O–H groups in total. The van der Waals surface area contributed by atoms with Crippen LogP contribution in [0.5, 0.6) is 0 Å². The highest BCUT2D eigenvalue weighted by atomic mass is 19.1. The van der Waals surface area contributed by atoms with E-state index in [0.717, 1.165) is 18.9 Å². The van der Waals surface area contributed by atoms with Gasteiger partial charge in [-0.2, -0.15) is 0 Å². The lowest BCUT2D eigenvalue weighted by Gasteiger charge is -2.38. The maximum atomic E-state index is 13.3. The topological polar surface area (TPSA) is 49.9 Å². The molecule has 2 fully saturated rings. The van der Waals surface area contributed by atoms with Gasteiger partial charge in [0, 0.05) is 44.1 Å². The van der Waals surface area contributed by atoms with E-state index in [1.54, 1.807) is 9.80 Å². The number of ether oxygens (including phenoxy) is 1. The van der Waals surface area contributed by atoms with E-state index in [1.165, 1.54) is 19.2 Å². The molecule has 2 heterocycles. The summed E-state index contributed by atoms with van der Waals surface area (Å²) in [5.74, 6) is -1.29. The minimum Gasteiger partial charge on any atom is -0.453 e. The Morgan fingerprint density at radius 1 is 1.21 bits per heavy atom. The summed E-state index contributed by atoms with van der Waals surface area (Å²) >= 11 is 0. The molecule has 0 bridgehead atoms. The number of hydrogen-bond donors (Lipinski definition) is 0. The summed E-state index contributed by atoms with van der Waals surface area (Å²) in [6.45, 7) is 1.87. The quantitative estimate of drug-likeness (QED) is 0.833. The van der Waals surface area contributed by atoms with E-state index in [-0.39, 0.29) is 24.0 Å². The predicted molar refractivity (Wildman–Crippen MR) is 82.0 cm³/mol. The van der Waals surface area contributed by atoms with Crippen molar-refractivity contribution in [3.63, 3.8) is 0 Å². The molecule has 24 heavy (non-hydrogen) atoms. The van der Waals surface area contributed by atoms with Gasteiger partial charge in [0.1, 0.15) is 11.6 Å². The van der Waals surface area contributed by atoms with Crippen molar-refractivity contribution in [3.8, 4) is 0 Å². The smallest absolute Gasteiger partial charge is 0.409 e. The van der Waals surface area contributed by atoms with Gasteiger partial charge in [0.15, 0.2) is 0 Å². The normalized spacial score (nSPS) is 19.9. The van der Waals surface area contributed by atoms with Crippen molar-refractivity contribution in [1.82, 2.24) is 9.80 Å². The Labute approximate surface area is 139 Å². The first kappa shape index (κ1) is 16.7. The molecule has 2 saturated heterocycles. The van der Waals surface area contributed by atoms with Crippen LogP contribution < -0.4 is 0 Å². The van der Waals surface area contributed by atoms with Crippen LogP contribution in [0.25, 0.3) is 0 Å². The molecule has 1 aromatic carbocycles. The van der Waals surface area contributed by atoms with Gasteiger partial charge in [0.25, 0.3) is 0 Å². The maximum Gasteiger partial charge on any atom is 0.409 e. The Morgan fingerprint density at radius 2 is 1.83 bits per heavy atom. The van der Waals surface area contributed by atoms with E-state index < -0.39 is 11.6 Å². The second-order valence-corrected chi connectivity index (χ2v) is 6.66. The molecule has 2 aliphatic heterocycles. The minimum absolute atomic E-state index is 0.00816. The SMILES string of the molecule is COC(=O)N1CCC2(CC1)CC(=O)N(Cc1cc(F)cc(F)c1)C2. The van der Waals surface area contributed by atoms with Gasteiger partial charge in [-0.25, -0.2) is 13.6 Å². The standard InChI is InChI=1S/C17H20F2N2O3/c1-24-16(23)20-4-2-17(3-5-20)9-15(22)21(11-17)10-12-6-13(18)8-14(19)7-12/h6-8H,2-5,9-11H2,1H3. The zero-order valence-electron chi connectivity index (χ0n) is 13.6. The number of rotatable bonds is 2. The van der Waals surface area contributed by atoms with Crippen molar-refractivity contribution in [2.24, 2.45) is 5.41 Å². The van der Waals surface area contributed by atoms with Gasteiger partial charge in [0.05, 0.1) is 7.11 Å². The average molecular weight is 338 g/mol. The average Bonchev–Trinajstić information content (AvgIpc) is 2.81. The first-order valence-electron chi connectivity index (χ1n) is 7.96. The van der Waals surface area contributed by atoms with E-state index in [4.69, 9.17) is 4.74 Å². The molecule has 0 aliphatic carbocycles. The Kier molecular flexibility index (Phi) is 4.43. The molecule has 5 nitrogen and oxygen atoms in total. The van der Waals surface area contributed by atoms with Gasteiger partial charge in [-0.05, 0) is 30.5 Å². The number of amides is 2. The summed E-state index contributed by atoms with van der Waals surface area (Å²) < 4.78 is 31.3. The van der Waals surface area contributed by atoms with Crippen molar-refractivity contribution in [3.05, 3.63) is 35.4 Å². The third kappa shape index (κ3) is 3.34. The molecule has 0 unspecified atom stereocenters. The Hall–Kier alpha value is -2.18. The first-order chi connectivity index (χ1) is 11.4. The van der Waals surface area contributed by atoms with Crippen LogP contribution in [0.1, 0.15) is 24.8 Å². The van der Waals surface area contributed by atoms with Crippen LogP contribution in [0.3, 0.4) is 0 Å². The van der Waals surface area contributed by atoms with Crippen molar-refractivity contribution >= 4 is 12.0 Å². The molecule has 2 amide bonds. The van der Waals surface area contributed by atoms with Gasteiger partial charge in [-0.3, -0.25) is 4.79 Å². The Bertz CT molecular complexity index is 637. The number of benzene rings is 1. The highest BCUT2D eigenvalue weighted by molar-refractivity contribution is 5.79. The van der Waals surface area contributed by atoms with Crippen LogP contribution in [0.15, 0.2) is 18.2 Å². The second kappa shape index (κ2) is 6.37. The van der Waals surface area contributed by atoms with E-state index in [9.17, 15) is 18.4 Å². The van der Waals surface area contributed by atoms with Crippen molar-refractivity contribution in [2.45, 2.75) is 25.8 Å². The highest BCUT2D eigenvalue weighted by Crippen LogP contribution is 2.41. The van der Waals surface area contributed by atoms with Gasteiger partial charge >= 0.3 is 6.09 Å². The number of likely N-dealkylation sites (tertiary alicyclic amines) is 2. The van der Waals surface area contributed by atoms with E-state index in [2.05, 4.69) is 0 Å². The van der Waals surface area contributed by atoms with Gasteiger partial charge in [0.2, 0.25) is 5.91 Å². The number of hydrogen-bond acceptors (Lipinski definition) is 3. The van der Waals surface area contributed by atoms with Crippen molar-refractivity contribution < 1.29 is 23.1 Å². The lowest BCUT2D eigenvalue weighted by Crippen LogP contribution is -2.44. The van der Waals surface area contributed by atoms with E-state index >= 15 is 0 Å². The molecule has 130 valence electrons. The summed E-state index contributed by atoms with van der Waals surface area (Å²) in [4.78, 5) is 27.2. The summed E-state index contributed by atoms with van der Waals surface area (Å²) in [5, 5.41) is 0. The number of piperidine rings is 1. The molecule has 3 rings (SSSR count). The number of halogens is 2. The van der Waals surface area contributed by atoms with E-state index in [1.807, 2.05) is 0 Å². The number of nitrogens with zero attached hydrogens (tertiary/aromatic N) is 2. The molecule has 1 aromatic rings. The fraction of sp³-hybridized carbons (Fsp3) is 0.529. The summed E-state index contributed by atoms with van der Waals surface area (Å²) in [6.07, 6.45) is 1.52. The molecule has 2 aliphatic rings. The monoisotopic (exact) mass is 338 g/mol. The van der Waals surface area contributed by atoms with Crippen LogP contribution in [0.2, 0.25) is 0 Å². The predicted octanol–water partition coefficient (Wildman–Crippen LogP) is 2.55. The van der Waals surface area contributed by atoms with Gasteiger partial charge in [-0.1, -0.05) is 0 Å². The zero-order chi connectivity index (χ0) is 17.3. The molecule has 7 heteroatoms. The molecular weight excluding hydrogens is 318 g/mol. The lowest BCUT2D eigenvalue weighted by molar-refractivity contribution is -0.128. The van der Waals surface area contributed by atoms with Crippen LogP contribution in [-0.4, -0.2) is 48.5 Å². The number of methoxy groups -OCH3 is 1. The molecule has 0 atom stereocenters. The molecule has 0 radical (unpaired) electrons. The molecular formula is C17H20F2N2O3. The zero-order valence-corrected chi connectivity index (χ0v) is 13.6. The first-order valence-corrected chi connectivity index (χ1v) is 7.96. The molecule has 0 saturated carbocycles. The Morgan fingerprint density at radius 3 is 2.42 bits per heavy atom. The van der Waals surface area contributed by atoms with Crippen molar-refractivity contribution in [2.75, 3.05) is 26.7 Å². The van der Waals surface area contributed by atoms with Crippen LogP contribution in [0.4, 0.5) is 13.6 Å². The third-order valence-corrected chi connectivity index (χ3v) is 4.96. The van der Waals surface area contributed by atoms with Gasteiger partial charge in [-0.15, -0.1) is 0 Å². The number of carbonyl (C=O) groups excluding carboxylic acids is 2. The highest BCUT2D eigenvalue weighted by Gasteiger charge is 2.45. The van der Waals surface area contributed by atoms with Gasteiger partial charge < -0.3 is 14.5 Å². The fourth-order valence-corrected chi connectivity index (χ4v) is 3.68. The number of carbonyl (C=O) groups is 2. The minimum atomic E-state index is -0.641. The second-order valence-electron chi connectivity index (χ2n) is 6.66. The molecule has 1 spiro atoms. The summed E-state index contributed by atoms with van der Waals surface area (Å²) in [7, 11) is 1.35. The maximum absolute atomic E-state index is 13.3. The van der Waals surface area contributed by atoms with Crippen LogP contribution in [-0.2, 0) is 16.1 Å². The van der Waals surface area contributed by atoms with Crippen molar-refractivity contribution in [1.29, 1.82) is 0 Å². The van der Waals surface area contributed by atoms with Crippen LogP contribution in [0, 0.1) is 17.0 Å². The Balaban J connectivity index is 1.65.